The molecular formula is C12H7N3O9S. The average Bonchev–Trinajstić information content (AvgIpc) is 2.54. The molecule has 0 unspecified atom stereocenters. The van der Waals surface area contributed by atoms with E-state index in [1.807, 2.05) is 0 Å². The van der Waals surface area contributed by atoms with Crippen LogP contribution >= 0.6 is 0 Å². The first-order valence-electron chi connectivity index (χ1n) is 6.19. The van der Waals surface area contributed by atoms with E-state index in [0.717, 1.165) is 18.3 Å². The van der Waals surface area contributed by atoms with Gasteiger partial charge in [-0.15, -0.1) is 0 Å². The molecule has 1 heterocycles. The third-order valence-corrected chi connectivity index (χ3v) is 4.08. The number of hydrogen-bond donors (Lipinski definition) is 1. The Hall–Kier alpha value is -3.61. The molecule has 0 fully saturated rings. The number of nitro groups is 2. The Morgan fingerprint density at radius 1 is 1.16 bits per heavy atom. The Kier molecular flexibility index (Phi) is 4.60. The SMILES string of the molecule is O=C(O)c1ncccc1OS(=O)(=O)c1ccc([N+](=O)[O-])cc1[N+](=O)[O-]. The zero-order valence-corrected chi connectivity index (χ0v) is 12.7. The van der Waals surface area contributed by atoms with Gasteiger partial charge in [-0.05, 0) is 18.2 Å². The van der Waals surface area contributed by atoms with E-state index in [1.165, 1.54) is 6.07 Å². The van der Waals surface area contributed by atoms with Crippen LogP contribution in [0.25, 0.3) is 0 Å². The van der Waals surface area contributed by atoms with E-state index in [-0.39, 0.29) is 0 Å². The fourth-order valence-electron chi connectivity index (χ4n) is 1.75. The van der Waals surface area contributed by atoms with Crippen molar-refractivity contribution in [3.8, 4) is 5.75 Å². The highest BCUT2D eigenvalue weighted by molar-refractivity contribution is 7.87. The first-order valence-corrected chi connectivity index (χ1v) is 7.60. The summed E-state index contributed by atoms with van der Waals surface area (Å²) in [6.07, 6.45) is 1.08. The number of aromatic nitrogens is 1. The lowest BCUT2D eigenvalue weighted by Crippen LogP contribution is -2.15. The molecule has 0 aliphatic carbocycles. The van der Waals surface area contributed by atoms with Crippen LogP contribution in [-0.2, 0) is 10.1 Å². The van der Waals surface area contributed by atoms with Gasteiger partial charge in [-0.1, -0.05) is 0 Å². The van der Waals surface area contributed by atoms with Crippen molar-refractivity contribution < 1.29 is 32.3 Å². The second-order valence-electron chi connectivity index (χ2n) is 4.36. The maximum absolute atomic E-state index is 12.3. The van der Waals surface area contributed by atoms with Crippen molar-refractivity contribution in [1.29, 1.82) is 0 Å². The lowest BCUT2D eigenvalue weighted by molar-refractivity contribution is -0.396. The van der Waals surface area contributed by atoms with Gasteiger partial charge in [-0.3, -0.25) is 20.2 Å². The topological polar surface area (TPSA) is 180 Å². The Balaban J connectivity index is 2.56. The van der Waals surface area contributed by atoms with Crippen LogP contribution in [0, 0.1) is 20.2 Å². The third-order valence-electron chi connectivity index (χ3n) is 2.79. The Morgan fingerprint density at radius 3 is 2.40 bits per heavy atom. The number of hydrogen-bond acceptors (Lipinski definition) is 9. The summed E-state index contributed by atoms with van der Waals surface area (Å²) in [6.45, 7) is 0. The van der Waals surface area contributed by atoms with E-state index in [0.29, 0.717) is 12.1 Å². The van der Waals surface area contributed by atoms with Crippen LogP contribution in [-0.4, -0.2) is 34.3 Å². The standard InChI is InChI=1S/C12H7N3O9S/c16-12(17)11-9(2-1-5-13-11)24-25(22,23)10-4-3-7(14(18)19)6-8(10)15(20)21/h1-6H,(H,16,17). The van der Waals surface area contributed by atoms with E-state index in [1.54, 1.807) is 0 Å². The zero-order valence-electron chi connectivity index (χ0n) is 11.9. The van der Waals surface area contributed by atoms with E-state index in [9.17, 15) is 33.4 Å². The van der Waals surface area contributed by atoms with E-state index in [4.69, 9.17) is 5.11 Å². The Labute approximate surface area is 138 Å². The molecule has 130 valence electrons. The molecule has 0 spiro atoms. The molecule has 25 heavy (non-hydrogen) atoms. The van der Waals surface area contributed by atoms with Crippen molar-refractivity contribution in [1.82, 2.24) is 4.98 Å². The predicted molar refractivity (Wildman–Crippen MR) is 78.8 cm³/mol. The summed E-state index contributed by atoms with van der Waals surface area (Å²) < 4.78 is 29.2. The summed E-state index contributed by atoms with van der Waals surface area (Å²) in [5.74, 6) is -2.24. The van der Waals surface area contributed by atoms with Crippen molar-refractivity contribution >= 4 is 27.5 Å². The summed E-state index contributed by atoms with van der Waals surface area (Å²) >= 11 is 0. The Bertz CT molecular complexity index is 987. The molecule has 0 amide bonds. The highest BCUT2D eigenvalue weighted by atomic mass is 32.2. The second-order valence-corrected chi connectivity index (χ2v) is 5.87. The van der Waals surface area contributed by atoms with E-state index >= 15 is 0 Å². The van der Waals surface area contributed by atoms with Crippen molar-refractivity contribution in [3.63, 3.8) is 0 Å². The molecule has 1 aromatic carbocycles. The van der Waals surface area contributed by atoms with Crippen LogP contribution in [0.1, 0.15) is 10.5 Å². The second kappa shape index (κ2) is 6.48. The normalized spacial score (nSPS) is 10.9. The van der Waals surface area contributed by atoms with Crippen molar-refractivity contribution in [2.75, 3.05) is 0 Å². The van der Waals surface area contributed by atoms with Crippen molar-refractivity contribution in [2.45, 2.75) is 4.90 Å². The summed E-state index contributed by atoms with van der Waals surface area (Å²) in [5, 5.41) is 30.7. The molecule has 0 aliphatic rings. The average molecular weight is 369 g/mol. The number of rotatable bonds is 6. The largest absolute Gasteiger partial charge is 0.476 e. The predicted octanol–water partition coefficient (Wildman–Crippen LogP) is 1.36. The minimum atomic E-state index is -4.86. The lowest BCUT2D eigenvalue weighted by Gasteiger charge is -2.08. The summed E-state index contributed by atoms with van der Waals surface area (Å²) in [4.78, 5) is 33.1. The maximum atomic E-state index is 12.3. The summed E-state index contributed by atoms with van der Waals surface area (Å²) in [7, 11) is -4.86. The third kappa shape index (κ3) is 3.66. The molecule has 12 nitrogen and oxygen atoms in total. The molecule has 0 saturated carbocycles. The van der Waals surface area contributed by atoms with Gasteiger partial charge in [0.1, 0.15) is 0 Å². The Morgan fingerprint density at radius 2 is 1.84 bits per heavy atom. The van der Waals surface area contributed by atoms with Crippen LogP contribution in [0.4, 0.5) is 11.4 Å². The fourth-order valence-corrected chi connectivity index (χ4v) is 2.84. The monoisotopic (exact) mass is 369 g/mol. The molecule has 13 heteroatoms. The van der Waals surface area contributed by atoms with Gasteiger partial charge in [-0.25, -0.2) is 9.78 Å². The van der Waals surface area contributed by atoms with Gasteiger partial charge in [0.2, 0.25) is 0 Å². The lowest BCUT2D eigenvalue weighted by atomic mass is 10.3. The molecule has 0 saturated heterocycles. The summed E-state index contributed by atoms with van der Waals surface area (Å²) in [6, 6.07) is 4.01. The first kappa shape index (κ1) is 17.7. The fraction of sp³-hybridized carbons (Fsp3) is 0. The van der Waals surface area contributed by atoms with Gasteiger partial charge < -0.3 is 9.29 Å². The molecule has 0 bridgehead atoms. The number of carboxylic acids is 1. The number of nitrogens with zero attached hydrogens (tertiary/aromatic N) is 3. The number of carbonyl (C=O) groups is 1. The summed E-state index contributed by atoms with van der Waals surface area (Å²) in [5.41, 5.74) is -2.51. The molecule has 0 atom stereocenters. The number of benzene rings is 1. The van der Waals surface area contributed by atoms with Crippen molar-refractivity contribution in [2.24, 2.45) is 0 Å². The number of non-ortho nitro benzene ring substituents is 1. The molecule has 2 aromatic rings. The van der Waals surface area contributed by atoms with Crippen LogP contribution in [0.15, 0.2) is 41.4 Å². The van der Waals surface area contributed by atoms with E-state index < -0.39 is 53.6 Å². The number of carboxylic acid groups (broad SMARTS) is 1. The highest BCUT2D eigenvalue weighted by Crippen LogP contribution is 2.31. The van der Waals surface area contributed by atoms with Gasteiger partial charge >= 0.3 is 16.1 Å². The van der Waals surface area contributed by atoms with Gasteiger partial charge in [0, 0.05) is 12.3 Å². The van der Waals surface area contributed by atoms with Gasteiger partial charge in [0.15, 0.2) is 16.3 Å². The van der Waals surface area contributed by atoms with Gasteiger partial charge in [0.05, 0.1) is 15.9 Å². The van der Waals surface area contributed by atoms with Gasteiger partial charge in [-0.2, -0.15) is 8.42 Å². The van der Waals surface area contributed by atoms with Crippen LogP contribution < -0.4 is 4.18 Å². The number of aromatic carboxylic acids is 1. The highest BCUT2D eigenvalue weighted by Gasteiger charge is 2.31. The minimum absolute atomic E-state index is 0.456. The molecule has 0 radical (unpaired) electrons. The van der Waals surface area contributed by atoms with Gasteiger partial charge in [0.25, 0.3) is 11.4 Å². The van der Waals surface area contributed by atoms with Crippen molar-refractivity contribution in [3.05, 3.63) is 62.5 Å². The minimum Gasteiger partial charge on any atom is -0.476 e. The van der Waals surface area contributed by atoms with Crippen LogP contribution in [0.2, 0.25) is 0 Å². The molecule has 1 aromatic heterocycles. The first-order chi connectivity index (χ1) is 11.6. The molecule has 2 rings (SSSR count). The maximum Gasteiger partial charge on any atom is 0.358 e. The van der Waals surface area contributed by atoms with Crippen LogP contribution in [0.5, 0.6) is 5.75 Å². The molecule has 1 N–H and O–H groups in total. The molecule has 0 aliphatic heterocycles. The number of nitro benzene ring substituents is 2. The van der Waals surface area contributed by atoms with E-state index in [2.05, 4.69) is 9.17 Å². The number of pyridine rings is 1. The molecular weight excluding hydrogens is 362 g/mol. The smallest absolute Gasteiger partial charge is 0.358 e. The quantitative estimate of drug-likeness (QED) is 0.443. The zero-order chi connectivity index (χ0) is 18.8. The van der Waals surface area contributed by atoms with Crippen LogP contribution in [0.3, 0.4) is 0 Å².